The predicted octanol–water partition coefficient (Wildman–Crippen LogP) is 4.31. The molecular weight excluding hydrogens is 490 g/mol. The molecule has 4 nitrogen and oxygen atoms in total. The smallest absolute Gasteiger partial charge is 0.357 e. The Morgan fingerprint density at radius 3 is 2.58 bits per heavy atom. The highest BCUT2D eigenvalue weighted by molar-refractivity contribution is 14.0. The lowest BCUT2D eigenvalue weighted by atomic mass is 10.2. The molecule has 0 aliphatic heterocycles. The van der Waals surface area contributed by atoms with Gasteiger partial charge < -0.3 is 10.6 Å². The Hall–Kier alpha value is -1.50. The summed E-state index contributed by atoms with van der Waals surface area (Å²) in [5, 5.41) is 6.85. The number of nitrogens with zero attached hydrogens (tertiary/aromatic N) is 2. The summed E-state index contributed by atoms with van der Waals surface area (Å²) in [7, 11) is 0. The van der Waals surface area contributed by atoms with Crippen LogP contribution in [0.5, 0.6) is 0 Å². The third kappa shape index (κ3) is 6.67. The van der Waals surface area contributed by atoms with Gasteiger partial charge in [0.15, 0.2) is 11.7 Å². The fraction of sp³-hybridized carbons (Fsp3) is 0.333. The molecule has 0 fully saturated rings. The van der Waals surface area contributed by atoms with Gasteiger partial charge in [0.25, 0.3) is 0 Å². The maximum Gasteiger partial charge on any atom is 0.434 e. The minimum Gasteiger partial charge on any atom is -0.357 e. The van der Waals surface area contributed by atoms with Crippen molar-refractivity contribution >= 4 is 41.3 Å². The molecule has 2 N–H and O–H groups in total. The van der Waals surface area contributed by atoms with Gasteiger partial charge in [-0.3, -0.25) is 0 Å². The van der Waals surface area contributed by atoms with Crippen molar-refractivity contribution in [2.45, 2.75) is 26.2 Å². The van der Waals surface area contributed by atoms with E-state index in [0.29, 0.717) is 6.54 Å². The van der Waals surface area contributed by atoms with Crippen molar-refractivity contribution in [1.29, 1.82) is 0 Å². The van der Waals surface area contributed by atoms with Crippen LogP contribution in [0.3, 0.4) is 0 Å². The van der Waals surface area contributed by atoms with Crippen LogP contribution in [0.25, 0.3) is 0 Å². The molecule has 0 amide bonds. The second kappa shape index (κ2) is 10.00. The van der Waals surface area contributed by atoms with E-state index in [2.05, 4.69) is 20.6 Å². The second-order valence-electron chi connectivity index (χ2n) is 4.91. The van der Waals surface area contributed by atoms with E-state index in [1.54, 1.807) is 6.92 Å². The van der Waals surface area contributed by atoms with E-state index < -0.39 is 23.5 Å². The molecule has 1 aromatic heterocycles. The van der Waals surface area contributed by atoms with E-state index in [9.17, 15) is 22.0 Å². The Morgan fingerprint density at radius 1 is 1.23 bits per heavy atom. The quantitative estimate of drug-likeness (QED) is 0.275. The number of benzene rings is 1. The van der Waals surface area contributed by atoms with Gasteiger partial charge in [0.05, 0.1) is 13.1 Å². The Morgan fingerprint density at radius 2 is 1.96 bits per heavy atom. The number of nitrogens with one attached hydrogen (secondary N) is 2. The normalized spacial score (nSPS) is 11.8. The SMILES string of the molecule is CCNC(=NCc1cc(F)ccc1F)NCc1nc(C(F)(F)F)cs1.I. The van der Waals surface area contributed by atoms with Gasteiger partial charge in [-0.1, -0.05) is 0 Å². The molecule has 0 aliphatic rings. The van der Waals surface area contributed by atoms with E-state index >= 15 is 0 Å². The molecule has 0 aliphatic carbocycles. The van der Waals surface area contributed by atoms with Gasteiger partial charge in [-0.15, -0.1) is 35.3 Å². The summed E-state index contributed by atoms with van der Waals surface area (Å²) in [6.07, 6.45) is -4.48. The second-order valence-corrected chi connectivity index (χ2v) is 5.85. The van der Waals surface area contributed by atoms with Crippen LogP contribution in [0, 0.1) is 11.6 Å². The van der Waals surface area contributed by atoms with Crippen molar-refractivity contribution in [2.75, 3.05) is 6.54 Å². The minimum atomic E-state index is -4.48. The molecule has 0 bridgehead atoms. The topological polar surface area (TPSA) is 49.3 Å². The van der Waals surface area contributed by atoms with Crippen LogP contribution in [0.4, 0.5) is 22.0 Å². The fourth-order valence-corrected chi connectivity index (χ4v) is 2.59. The molecule has 11 heteroatoms. The molecule has 0 saturated carbocycles. The zero-order chi connectivity index (χ0) is 18.4. The first kappa shape index (κ1) is 22.5. The summed E-state index contributed by atoms with van der Waals surface area (Å²) in [6.45, 7) is 2.19. The van der Waals surface area contributed by atoms with Crippen LogP contribution >= 0.6 is 35.3 Å². The highest BCUT2D eigenvalue weighted by atomic mass is 127. The molecule has 144 valence electrons. The largest absolute Gasteiger partial charge is 0.434 e. The van der Waals surface area contributed by atoms with E-state index in [1.807, 2.05) is 0 Å². The van der Waals surface area contributed by atoms with E-state index in [4.69, 9.17) is 0 Å². The van der Waals surface area contributed by atoms with Crippen molar-refractivity contribution in [1.82, 2.24) is 15.6 Å². The van der Waals surface area contributed by atoms with Gasteiger partial charge in [-0.25, -0.2) is 18.8 Å². The van der Waals surface area contributed by atoms with Gasteiger partial charge in [-0.05, 0) is 25.1 Å². The van der Waals surface area contributed by atoms with E-state index in [0.717, 1.165) is 34.9 Å². The molecule has 0 spiro atoms. The van der Waals surface area contributed by atoms with Gasteiger partial charge in [0.2, 0.25) is 0 Å². The van der Waals surface area contributed by atoms with Crippen molar-refractivity contribution in [3.05, 3.63) is 51.5 Å². The minimum absolute atomic E-state index is 0. The number of halogens is 6. The Kier molecular flexibility index (Phi) is 8.67. The van der Waals surface area contributed by atoms with E-state index in [-0.39, 0.29) is 53.6 Å². The lowest BCUT2D eigenvalue weighted by molar-refractivity contribution is -0.140. The molecule has 0 radical (unpaired) electrons. The standard InChI is InChI=1S/C15H15F5N4S.HI/c1-2-21-14(22-6-9-5-10(16)3-4-11(9)17)23-7-13-24-12(8-25-13)15(18,19)20;/h3-5,8H,2,6-7H2,1H3,(H2,21,22,23);1H. The molecule has 2 aromatic rings. The molecular formula is C15H16F5IN4S. The first-order valence-electron chi connectivity index (χ1n) is 7.27. The lowest BCUT2D eigenvalue weighted by Crippen LogP contribution is -2.36. The van der Waals surface area contributed by atoms with Gasteiger partial charge in [0, 0.05) is 17.5 Å². The molecule has 0 atom stereocenters. The monoisotopic (exact) mass is 506 g/mol. The Labute approximate surface area is 168 Å². The molecule has 0 unspecified atom stereocenters. The average Bonchev–Trinajstić information content (AvgIpc) is 3.02. The molecule has 1 aromatic carbocycles. The van der Waals surface area contributed by atoms with Crippen molar-refractivity contribution in [3.63, 3.8) is 0 Å². The first-order chi connectivity index (χ1) is 11.8. The number of alkyl halides is 3. The summed E-state index contributed by atoms with van der Waals surface area (Å²) in [5.41, 5.74) is -0.871. The fourth-order valence-electron chi connectivity index (χ4n) is 1.85. The van der Waals surface area contributed by atoms with Crippen LogP contribution < -0.4 is 10.6 Å². The molecule has 26 heavy (non-hydrogen) atoms. The first-order valence-corrected chi connectivity index (χ1v) is 8.15. The number of hydrogen-bond acceptors (Lipinski definition) is 3. The summed E-state index contributed by atoms with van der Waals surface area (Å²) >= 11 is 0.869. The highest BCUT2D eigenvalue weighted by Crippen LogP contribution is 2.29. The van der Waals surface area contributed by atoms with Gasteiger partial charge in [-0.2, -0.15) is 13.2 Å². The number of guanidine groups is 1. The lowest BCUT2D eigenvalue weighted by Gasteiger charge is -2.10. The number of hydrogen-bond donors (Lipinski definition) is 2. The molecule has 0 saturated heterocycles. The van der Waals surface area contributed by atoms with Gasteiger partial charge in [0.1, 0.15) is 16.6 Å². The van der Waals surface area contributed by atoms with Crippen LogP contribution in [0.15, 0.2) is 28.6 Å². The van der Waals surface area contributed by atoms with Crippen molar-refractivity contribution < 1.29 is 22.0 Å². The predicted molar refractivity (Wildman–Crippen MR) is 101 cm³/mol. The molecule has 1 heterocycles. The number of rotatable bonds is 5. The maximum absolute atomic E-state index is 13.6. The number of aliphatic imine (C=N–C) groups is 1. The average molecular weight is 506 g/mol. The van der Waals surface area contributed by atoms with Crippen molar-refractivity contribution in [3.8, 4) is 0 Å². The maximum atomic E-state index is 13.6. The zero-order valence-corrected chi connectivity index (χ0v) is 16.7. The third-order valence-corrected chi connectivity index (χ3v) is 3.86. The van der Waals surface area contributed by atoms with Gasteiger partial charge >= 0.3 is 6.18 Å². The van der Waals surface area contributed by atoms with E-state index in [1.165, 1.54) is 0 Å². The molecule has 2 rings (SSSR count). The van der Waals surface area contributed by atoms with Crippen molar-refractivity contribution in [2.24, 2.45) is 4.99 Å². The highest BCUT2D eigenvalue weighted by Gasteiger charge is 2.33. The third-order valence-electron chi connectivity index (χ3n) is 3.01. The summed E-state index contributed by atoms with van der Waals surface area (Å²) in [6, 6.07) is 3.06. The Balaban J connectivity index is 0.00000338. The van der Waals surface area contributed by atoms with Crippen LogP contribution in [-0.4, -0.2) is 17.5 Å². The summed E-state index contributed by atoms with van der Waals surface area (Å²) < 4.78 is 64.3. The number of aromatic nitrogens is 1. The number of thiazole rings is 1. The Bertz CT molecular complexity index is 748. The van der Waals surface area contributed by atoms with Crippen LogP contribution in [-0.2, 0) is 19.3 Å². The summed E-state index contributed by atoms with van der Waals surface area (Å²) in [4.78, 5) is 7.59. The summed E-state index contributed by atoms with van der Waals surface area (Å²) in [5.74, 6) is -0.905. The zero-order valence-electron chi connectivity index (χ0n) is 13.5. The van der Waals surface area contributed by atoms with Crippen LogP contribution in [0.1, 0.15) is 23.2 Å². The van der Waals surface area contributed by atoms with Crippen LogP contribution in [0.2, 0.25) is 0 Å².